The number of fused-ring (bicyclic) bond motifs is 2. The number of ether oxygens (including phenoxy) is 3. The fourth-order valence-corrected chi connectivity index (χ4v) is 7.12. The highest BCUT2D eigenvalue weighted by molar-refractivity contribution is 6.47. The molecule has 0 unspecified atom stereocenters. The number of carbonyl (C=O) groups is 7. The van der Waals surface area contributed by atoms with Gasteiger partial charge in [0.15, 0.2) is 0 Å². The van der Waals surface area contributed by atoms with Crippen molar-refractivity contribution in [3.8, 4) is 11.5 Å². The van der Waals surface area contributed by atoms with Crippen LogP contribution in [0.5, 0.6) is 11.5 Å². The molecule has 0 atom stereocenters. The number of hydrogen-bond acceptors (Lipinski definition) is 16. The molecule has 1 aliphatic rings. The van der Waals surface area contributed by atoms with Gasteiger partial charge in [0.2, 0.25) is 17.8 Å². The normalized spacial score (nSPS) is 13.4. The van der Waals surface area contributed by atoms with E-state index < -0.39 is 35.6 Å². The second-order valence-corrected chi connectivity index (χ2v) is 15.6. The third-order valence-corrected chi connectivity index (χ3v) is 10.3. The molecule has 0 aliphatic carbocycles. The van der Waals surface area contributed by atoms with Gasteiger partial charge in [-0.3, -0.25) is 49.5 Å². The summed E-state index contributed by atoms with van der Waals surface area (Å²) in [6.45, 7) is 7.55. The molecule has 0 saturated carbocycles. The van der Waals surface area contributed by atoms with E-state index in [0.29, 0.717) is 28.8 Å². The number of amides is 5. The molecule has 23 nitrogen and oxygen atoms in total. The maximum atomic E-state index is 13.8. The van der Waals surface area contributed by atoms with Gasteiger partial charge in [0.05, 0.1) is 43.0 Å². The van der Waals surface area contributed by atoms with Crippen LogP contribution in [-0.4, -0.2) is 141 Å². The number of carboxylic acids is 1. The SMILES string of the molecule is CCN=C(/C=C(/C)N)C(=O)Nc1nc2cc(C(=O)O)cc(OC)c2n1C/C=C/Cn1c(NC(=O)C(/C=C(/C)N)=NCC)nc2cc(C(=O)OC)cc(OCCCN(C)C(=O)CCN3C(=O)C=CC3=O)c21. The van der Waals surface area contributed by atoms with Crippen molar-refractivity contribution in [1.29, 1.82) is 0 Å². The van der Waals surface area contributed by atoms with Gasteiger partial charge in [0.1, 0.15) is 34.0 Å². The van der Waals surface area contributed by atoms with Crippen LogP contribution < -0.4 is 31.6 Å². The highest BCUT2D eigenvalue weighted by Gasteiger charge is 2.26. The number of carboxylic acid groups (broad SMARTS) is 1. The number of anilines is 2. The molecule has 2 aromatic carbocycles. The number of aromatic carboxylic acids is 1. The number of hydrogen-bond donors (Lipinski definition) is 5. The fourth-order valence-electron chi connectivity index (χ4n) is 7.12. The van der Waals surface area contributed by atoms with E-state index in [4.69, 9.17) is 30.7 Å². The summed E-state index contributed by atoms with van der Waals surface area (Å²) >= 11 is 0. The summed E-state index contributed by atoms with van der Waals surface area (Å²) in [5.41, 5.74) is 13.7. The summed E-state index contributed by atoms with van der Waals surface area (Å²) in [4.78, 5) is 109. The molecule has 370 valence electrons. The van der Waals surface area contributed by atoms with Crippen LogP contribution in [0, 0.1) is 0 Å². The number of aliphatic imine (C=N–C) groups is 2. The molecule has 0 spiro atoms. The number of allylic oxidation sites excluding steroid dienone is 4. The van der Waals surface area contributed by atoms with Crippen molar-refractivity contribution >= 4 is 86.9 Å². The number of imide groups is 1. The first-order valence-electron chi connectivity index (χ1n) is 22.0. The molecule has 4 aromatic rings. The maximum absolute atomic E-state index is 13.8. The lowest BCUT2D eigenvalue weighted by atomic mass is 10.2. The molecular weight excluding hydrogens is 909 g/mol. The largest absolute Gasteiger partial charge is 0.494 e. The van der Waals surface area contributed by atoms with E-state index in [1.165, 1.54) is 55.5 Å². The number of nitrogens with two attached hydrogens (primary N) is 2. The Labute approximate surface area is 402 Å². The van der Waals surface area contributed by atoms with E-state index in [1.54, 1.807) is 56.0 Å². The number of methoxy groups -OCH3 is 2. The average molecular weight is 965 g/mol. The lowest BCUT2D eigenvalue weighted by molar-refractivity contribution is -0.138. The summed E-state index contributed by atoms with van der Waals surface area (Å²) in [7, 11) is 4.18. The van der Waals surface area contributed by atoms with Gasteiger partial charge in [0, 0.05) is 76.3 Å². The number of carbonyl (C=O) groups excluding carboxylic acids is 6. The van der Waals surface area contributed by atoms with E-state index in [-0.39, 0.29) is 115 Å². The topological polar surface area (TPSA) is 310 Å². The molecule has 0 fully saturated rings. The predicted molar refractivity (Wildman–Crippen MR) is 261 cm³/mol. The van der Waals surface area contributed by atoms with Gasteiger partial charge < -0.3 is 44.8 Å². The van der Waals surface area contributed by atoms with E-state index in [9.17, 15) is 38.7 Å². The molecular formula is C47H56N12O11. The average Bonchev–Trinajstić information content (AvgIpc) is 3.96. The summed E-state index contributed by atoms with van der Waals surface area (Å²) in [5, 5.41) is 15.4. The zero-order chi connectivity index (χ0) is 51.2. The zero-order valence-corrected chi connectivity index (χ0v) is 39.9. The van der Waals surface area contributed by atoms with Crippen LogP contribution in [0.4, 0.5) is 11.9 Å². The minimum absolute atomic E-state index is 0.0172. The molecule has 23 heteroatoms. The Morgan fingerprint density at radius 2 is 1.29 bits per heavy atom. The van der Waals surface area contributed by atoms with Gasteiger partial charge in [0.25, 0.3) is 23.6 Å². The quantitative estimate of drug-likeness (QED) is 0.0234. The van der Waals surface area contributed by atoms with Crippen LogP contribution in [0.15, 0.2) is 82.1 Å². The van der Waals surface area contributed by atoms with Gasteiger partial charge in [-0.1, -0.05) is 12.2 Å². The molecule has 3 heterocycles. The van der Waals surface area contributed by atoms with Crippen molar-refractivity contribution in [2.75, 3.05) is 64.7 Å². The summed E-state index contributed by atoms with van der Waals surface area (Å²) < 4.78 is 20.2. The Kier molecular flexibility index (Phi) is 17.9. The molecule has 5 rings (SSSR count). The van der Waals surface area contributed by atoms with Crippen LogP contribution in [0.3, 0.4) is 0 Å². The number of benzene rings is 2. The summed E-state index contributed by atoms with van der Waals surface area (Å²) in [5.74, 6) is -3.99. The fraction of sp³-hybridized carbons (Fsp3) is 0.340. The molecule has 1 aliphatic heterocycles. The first kappa shape index (κ1) is 52.3. The van der Waals surface area contributed by atoms with Gasteiger partial charge in [-0.05, 0) is 70.5 Å². The number of aromatic nitrogens is 4. The number of nitrogens with one attached hydrogen (secondary N) is 2. The molecule has 0 radical (unpaired) electrons. The number of nitrogens with zero attached hydrogens (tertiary/aromatic N) is 8. The molecule has 0 saturated heterocycles. The minimum Gasteiger partial charge on any atom is -0.494 e. The van der Waals surface area contributed by atoms with E-state index in [0.717, 1.165) is 17.1 Å². The summed E-state index contributed by atoms with van der Waals surface area (Å²) in [6.07, 6.45) is 8.86. The Morgan fingerprint density at radius 1 is 0.786 bits per heavy atom. The van der Waals surface area contributed by atoms with Crippen LogP contribution >= 0.6 is 0 Å². The van der Waals surface area contributed by atoms with Gasteiger partial charge in [-0.15, -0.1) is 0 Å². The minimum atomic E-state index is -1.22. The maximum Gasteiger partial charge on any atom is 0.338 e. The lowest BCUT2D eigenvalue weighted by Gasteiger charge is -2.19. The van der Waals surface area contributed by atoms with Gasteiger partial charge in [-0.2, -0.15) is 0 Å². The molecule has 7 N–H and O–H groups in total. The third kappa shape index (κ3) is 12.9. The third-order valence-electron chi connectivity index (χ3n) is 10.3. The molecule has 2 aromatic heterocycles. The lowest BCUT2D eigenvalue weighted by Crippen LogP contribution is -2.36. The van der Waals surface area contributed by atoms with Crippen molar-refractivity contribution in [1.82, 2.24) is 28.9 Å². The number of imidazole rings is 2. The second kappa shape index (κ2) is 23.9. The molecule has 70 heavy (non-hydrogen) atoms. The highest BCUT2D eigenvalue weighted by atomic mass is 16.5. The first-order valence-corrected chi connectivity index (χ1v) is 22.0. The Morgan fingerprint density at radius 3 is 1.76 bits per heavy atom. The second-order valence-electron chi connectivity index (χ2n) is 15.6. The smallest absolute Gasteiger partial charge is 0.338 e. The van der Waals surface area contributed by atoms with Crippen molar-refractivity contribution in [2.45, 2.75) is 53.6 Å². The number of esters is 1. The van der Waals surface area contributed by atoms with Crippen molar-refractivity contribution in [3.63, 3.8) is 0 Å². The van der Waals surface area contributed by atoms with E-state index >= 15 is 0 Å². The number of rotatable bonds is 23. The van der Waals surface area contributed by atoms with E-state index in [1.807, 2.05) is 0 Å². The van der Waals surface area contributed by atoms with Gasteiger partial charge in [-0.25, -0.2) is 19.6 Å². The Hall–Kier alpha value is -8.63. The van der Waals surface area contributed by atoms with Gasteiger partial charge >= 0.3 is 11.9 Å². The van der Waals surface area contributed by atoms with Crippen LogP contribution in [0.1, 0.15) is 61.3 Å². The molecule has 0 bridgehead atoms. The van der Waals surface area contributed by atoms with Crippen LogP contribution in [0.2, 0.25) is 0 Å². The van der Waals surface area contributed by atoms with Crippen molar-refractivity contribution < 1.29 is 52.9 Å². The standard InChI is InChI=1S/C47H56N12O11/c1-8-50-33(21-27(3)48)42(63)54-46-52-31-23-29(44(65)66)25-35(68-6)40(31)58(46)17-10-11-18-59-41-32(53-47(59)55-43(64)34(51-9-2)22-28(4)49)24-30(45(67)69-7)26-36(41)70-20-12-16-56(5)37(60)15-19-57-38(61)13-14-39(57)62/h10-11,13-14,21-26H,8-9,12,15-20,48-49H2,1-7H3,(H,65,66)(H,52,54,63)(H,53,55,64)/b11-10+,27-21-,28-22-,50-33?,51-34?. The Bertz CT molecular complexity index is 2880. The first-order chi connectivity index (χ1) is 33.4. The Balaban J connectivity index is 1.53. The van der Waals surface area contributed by atoms with Crippen molar-refractivity contribution in [2.24, 2.45) is 21.5 Å². The van der Waals surface area contributed by atoms with Crippen LogP contribution in [0.25, 0.3) is 22.1 Å². The summed E-state index contributed by atoms with van der Waals surface area (Å²) in [6, 6.07) is 5.65. The van der Waals surface area contributed by atoms with E-state index in [2.05, 4.69) is 25.6 Å². The zero-order valence-electron chi connectivity index (χ0n) is 39.9. The predicted octanol–water partition coefficient (Wildman–Crippen LogP) is 3.20. The van der Waals surface area contributed by atoms with Crippen molar-refractivity contribution in [3.05, 3.63) is 83.2 Å². The highest BCUT2D eigenvalue weighted by Crippen LogP contribution is 2.33. The molecule has 5 amide bonds. The monoisotopic (exact) mass is 964 g/mol. The van der Waals surface area contributed by atoms with Crippen LogP contribution in [-0.2, 0) is 41.8 Å².